The Labute approximate surface area is 210 Å². The van der Waals surface area contributed by atoms with E-state index in [1.165, 1.54) is 35.6 Å². The standard InChI is InChI=1S/C28H31FN4O3/c1-2-36-24-14-10-21(11-15-24)26(27(34)32-23-6-4-3-5-7-23)33(19-20-8-12-22(29)13-9-20)28(35)25-18-30-16-17-31-25/h8-18,23,26H,2-7,19H2,1H3,(H,32,34)/t26-/m0/s1. The number of benzene rings is 2. The lowest BCUT2D eigenvalue weighted by Gasteiger charge is -2.33. The van der Waals surface area contributed by atoms with Crippen LogP contribution in [0.5, 0.6) is 5.75 Å². The van der Waals surface area contributed by atoms with E-state index in [4.69, 9.17) is 4.74 Å². The number of ether oxygens (including phenoxy) is 1. The van der Waals surface area contributed by atoms with Crippen molar-refractivity contribution in [1.82, 2.24) is 20.2 Å². The van der Waals surface area contributed by atoms with Crippen LogP contribution in [0.4, 0.5) is 4.39 Å². The summed E-state index contributed by atoms with van der Waals surface area (Å²) in [6, 6.07) is 12.2. The minimum atomic E-state index is -0.929. The van der Waals surface area contributed by atoms with Gasteiger partial charge < -0.3 is 15.0 Å². The molecule has 188 valence electrons. The number of nitrogens with one attached hydrogen (secondary N) is 1. The summed E-state index contributed by atoms with van der Waals surface area (Å²) in [5.74, 6) is -0.391. The van der Waals surface area contributed by atoms with Crippen molar-refractivity contribution >= 4 is 11.8 Å². The Kier molecular flexibility index (Phi) is 8.60. The summed E-state index contributed by atoms with van der Waals surface area (Å²) in [4.78, 5) is 37.2. The summed E-state index contributed by atoms with van der Waals surface area (Å²) in [6.45, 7) is 2.51. The number of hydrogen-bond donors (Lipinski definition) is 1. The van der Waals surface area contributed by atoms with E-state index in [1.807, 2.05) is 6.92 Å². The number of hydrogen-bond acceptors (Lipinski definition) is 5. The van der Waals surface area contributed by atoms with Crippen LogP contribution in [-0.4, -0.2) is 39.3 Å². The topological polar surface area (TPSA) is 84.4 Å². The van der Waals surface area contributed by atoms with Crippen LogP contribution in [0.2, 0.25) is 0 Å². The van der Waals surface area contributed by atoms with E-state index in [-0.39, 0.29) is 30.0 Å². The van der Waals surface area contributed by atoms with E-state index in [1.54, 1.807) is 36.4 Å². The van der Waals surface area contributed by atoms with Gasteiger partial charge in [0.1, 0.15) is 23.3 Å². The van der Waals surface area contributed by atoms with Crippen LogP contribution >= 0.6 is 0 Å². The Morgan fingerprint density at radius 3 is 2.42 bits per heavy atom. The number of carbonyl (C=O) groups excluding carboxylic acids is 2. The first-order chi connectivity index (χ1) is 17.5. The van der Waals surface area contributed by atoms with Crippen molar-refractivity contribution in [3.05, 3.63) is 89.8 Å². The predicted octanol–water partition coefficient (Wildman–Crippen LogP) is 4.85. The lowest BCUT2D eigenvalue weighted by Crippen LogP contribution is -2.47. The molecule has 1 aliphatic carbocycles. The molecule has 1 aromatic heterocycles. The summed E-state index contributed by atoms with van der Waals surface area (Å²) < 4.78 is 19.2. The van der Waals surface area contributed by atoms with Gasteiger partial charge >= 0.3 is 0 Å². The molecule has 3 aromatic rings. The summed E-state index contributed by atoms with van der Waals surface area (Å²) >= 11 is 0. The van der Waals surface area contributed by atoms with Gasteiger partial charge in [0.2, 0.25) is 5.91 Å². The molecule has 1 N–H and O–H groups in total. The number of halogens is 1. The van der Waals surface area contributed by atoms with Gasteiger partial charge in [0.05, 0.1) is 12.8 Å². The number of amides is 2. The lowest BCUT2D eigenvalue weighted by atomic mass is 9.94. The second kappa shape index (κ2) is 12.2. The number of carbonyl (C=O) groups is 2. The molecule has 1 heterocycles. The fraction of sp³-hybridized carbons (Fsp3) is 0.357. The zero-order valence-electron chi connectivity index (χ0n) is 20.4. The fourth-order valence-corrected chi connectivity index (χ4v) is 4.54. The molecule has 4 rings (SSSR count). The van der Waals surface area contributed by atoms with Gasteiger partial charge in [0, 0.05) is 25.0 Å². The highest BCUT2D eigenvalue weighted by Crippen LogP contribution is 2.28. The van der Waals surface area contributed by atoms with Crippen LogP contribution in [0.25, 0.3) is 0 Å². The predicted molar refractivity (Wildman–Crippen MR) is 134 cm³/mol. The highest BCUT2D eigenvalue weighted by atomic mass is 19.1. The van der Waals surface area contributed by atoms with Crippen LogP contribution in [0.3, 0.4) is 0 Å². The van der Waals surface area contributed by atoms with E-state index in [0.717, 1.165) is 32.1 Å². The third-order valence-corrected chi connectivity index (χ3v) is 6.33. The van der Waals surface area contributed by atoms with Gasteiger partial charge in [-0.2, -0.15) is 0 Å². The molecule has 1 saturated carbocycles. The molecule has 2 aromatic carbocycles. The van der Waals surface area contributed by atoms with Gasteiger partial charge in [-0.3, -0.25) is 14.6 Å². The van der Waals surface area contributed by atoms with Crippen LogP contribution in [-0.2, 0) is 11.3 Å². The smallest absolute Gasteiger partial charge is 0.275 e. The molecule has 36 heavy (non-hydrogen) atoms. The van der Waals surface area contributed by atoms with E-state index < -0.39 is 11.9 Å². The molecule has 0 bridgehead atoms. The summed E-state index contributed by atoms with van der Waals surface area (Å²) in [7, 11) is 0. The SMILES string of the molecule is CCOc1ccc([C@@H](C(=O)NC2CCCCC2)N(Cc2ccc(F)cc2)C(=O)c2cnccn2)cc1. The first-order valence-electron chi connectivity index (χ1n) is 12.4. The van der Waals surface area contributed by atoms with Gasteiger partial charge in [0.25, 0.3) is 5.91 Å². The van der Waals surface area contributed by atoms with Crippen molar-refractivity contribution < 1.29 is 18.7 Å². The lowest BCUT2D eigenvalue weighted by molar-refractivity contribution is -0.127. The van der Waals surface area contributed by atoms with Crippen molar-refractivity contribution in [2.45, 2.75) is 57.7 Å². The molecule has 0 unspecified atom stereocenters. The van der Waals surface area contributed by atoms with E-state index in [2.05, 4.69) is 15.3 Å². The zero-order chi connectivity index (χ0) is 25.3. The van der Waals surface area contributed by atoms with Gasteiger partial charge in [-0.1, -0.05) is 43.5 Å². The average molecular weight is 491 g/mol. The molecule has 0 spiro atoms. The second-order valence-corrected chi connectivity index (χ2v) is 8.90. The third-order valence-electron chi connectivity index (χ3n) is 6.33. The summed E-state index contributed by atoms with van der Waals surface area (Å²) in [5.41, 5.74) is 1.46. The molecule has 1 atom stereocenters. The largest absolute Gasteiger partial charge is 0.494 e. The molecule has 0 radical (unpaired) electrons. The Morgan fingerprint density at radius 2 is 1.78 bits per heavy atom. The molecule has 8 heteroatoms. The fourth-order valence-electron chi connectivity index (χ4n) is 4.54. The van der Waals surface area contributed by atoms with Gasteiger partial charge in [0.15, 0.2) is 0 Å². The molecular weight excluding hydrogens is 459 g/mol. The molecule has 0 aliphatic heterocycles. The van der Waals surface area contributed by atoms with Crippen molar-refractivity contribution in [2.75, 3.05) is 6.61 Å². The molecule has 7 nitrogen and oxygen atoms in total. The van der Waals surface area contributed by atoms with E-state index in [9.17, 15) is 14.0 Å². The first kappa shape index (κ1) is 25.3. The maximum Gasteiger partial charge on any atom is 0.275 e. The highest BCUT2D eigenvalue weighted by molar-refractivity contribution is 5.96. The van der Waals surface area contributed by atoms with Crippen molar-refractivity contribution in [1.29, 1.82) is 0 Å². The number of aromatic nitrogens is 2. The monoisotopic (exact) mass is 490 g/mol. The van der Waals surface area contributed by atoms with E-state index >= 15 is 0 Å². The molecule has 1 fully saturated rings. The highest BCUT2D eigenvalue weighted by Gasteiger charge is 2.34. The van der Waals surface area contributed by atoms with Crippen LogP contribution in [0.15, 0.2) is 67.1 Å². The van der Waals surface area contributed by atoms with E-state index in [0.29, 0.717) is 23.5 Å². The summed E-state index contributed by atoms with van der Waals surface area (Å²) in [5, 5.41) is 3.18. The molecule has 2 amide bonds. The Morgan fingerprint density at radius 1 is 1.06 bits per heavy atom. The second-order valence-electron chi connectivity index (χ2n) is 8.90. The maximum absolute atomic E-state index is 13.8. The number of nitrogens with zero attached hydrogens (tertiary/aromatic N) is 3. The van der Waals surface area contributed by atoms with Crippen molar-refractivity contribution in [3.63, 3.8) is 0 Å². The maximum atomic E-state index is 13.8. The van der Waals surface area contributed by atoms with Gasteiger partial charge in [-0.15, -0.1) is 0 Å². The molecule has 1 aliphatic rings. The third kappa shape index (κ3) is 6.44. The number of rotatable bonds is 9. The van der Waals surface area contributed by atoms with Gasteiger partial charge in [-0.25, -0.2) is 9.37 Å². The van der Waals surface area contributed by atoms with Crippen LogP contribution in [0.1, 0.15) is 66.7 Å². The van der Waals surface area contributed by atoms with Crippen LogP contribution < -0.4 is 10.1 Å². The minimum Gasteiger partial charge on any atom is -0.494 e. The normalized spacial score (nSPS) is 14.6. The Balaban J connectivity index is 1.73. The van der Waals surface area contributed by atoms with Crippen molar-refractivity contribution in [2.24, 2.45) is 0 Å². The summed E-state index contributed by atoms with van der Waals surface area (Å²) in [6.07, 6.45) is 9.44. The van der Waals surface area contributed by atoms with Crippen LogP contribution in [0, 0.1) is 5.82 Å². The quantitative estimate of drug-likeness (QED) is 0.464. The average Bonchev–Trinajstić information content (AvgIpc) is 2.91. The Bertz CT molecular complexity index is 1130. The molecule has 0 saturated heterocycles. The minimum absolute atomic E-state index is 0.0655. The van der Waals surface area contributed by atoms with Gasteiger partial charge in [-0.05, 0) is 55.2 Å². The Hall–Kier alpha value is -3.81. The zero-order valence-corrected chi connectivity index (χ0v) is 20.4. The van der Waals surface area contributed by atoms with Crippen molar-refractivity contribution in [3.8, 4) is 5.75 Å². The first-order valence-corrected chi connectivity index (χ1v) is 12.4. The molecular formula is C28H31FN4O3.